The van der Waals surface area contributed by atoms with E-state index < -0.39 is 42.0 Å². The highest BCUT2D eigenvalue weighted by molar-refractivity contribution is 7.98. The molecule has 0 radical (unpaired) electrons. The first kappa shape index (κ1) is 37.5. The van der Waals surface area contributed by atoms with Gasteiger partial charge in [-0.15, -0.1) is 0 Å². The molecule has 2 aromatic carbocycles. The Morgan fingerprint density at radius 3 is 1.44 bits per heavy atom. The van der Waals surface area contributed by atoms with Crippen LogP contribution in [-0.4, -0.2) is 86.1 Å². The van der Waals surface area contributed by atoms with Crippen LogP contribution >= 0.6 is 11.8 Å². The summed E-state index contributed by atoms with van der Waals surface area (Å²) >= 11 is 1.60. The quantitative estimate of drug-likeness (QED) is 0.174. The summed E-state index contributed by atoms with van der Waals surface area (Å²) in [5, 5.41) is 41.9. The van der Waals surface area contributed by atoms with E-state index in [1.807, 2.05) is 36.6 Å². The molecule has 2 aromatic rings. The average Bonchev–Trinajstić information content (AvgIpc) is 2.90. The molecular formula is C25H38N4O9S. The van der Waals surface area contributed by atoms with Gasteiger partial charge in [0, 0.05) is 0 Å². The molecule has 0 aliphatic heterocycles. The molecule has 13 N–H and O–H groups in total. The summed E-state index contributed by atoms with van der Waals surface area (Å²) in [6, 6.07) is 13.3. The van der Waals surface area contributed by atoms with Crippen molar-refractivity contribution in [1.29, 1.82) is 0 Å². The van der Waals surface area contributed by atoms with Crippen molar-refractivity contribution in [3.8, 4) is 5.75 Å². The van der Waals surface area contributed by atoms with Crippen LogP contribution in [0.3, 0.4) is 0 Å². The summed E-state index contributed by atoms with van der Waals surface area (Å²) in [5.74, 6) is -2.89. The Bertz CT molecular complexity index is 979. The second-order valence-corrected chi connectivity index (χ2v) is 8.76. The fourth-order valence-corrected chi connectivity index (χ4v) is 2.79. The number of carboxylic acids is 4. The number of carboxylic acid groups (broad SMARTS) is 4. The Hall–Kier alpha value is -3.69. The predicted octanol–water partition coefficient (Wildman–Crippen LogP) is 0.169. The van der Waals surface area contributed by atoms with Gasteiger partial charge in [-0.25, -0.2) is 0 Å². The third-order valence-corrected chi connectivity index (χ3v) is 5.09. The molecule has 0 saturated carbocycles. The number of nitrogens with two attached hydrogens (primary N) is 4. The summed E-state index contributed by atoms with van der Waals surface area (Å²) in [6.45, 7) is -0.278. The molecule has 0 amide bonds. The highest BCUT2D eigenvalue weighted by atomic mass is 32.2. The molecule has 3 unspecified atom stereocenters. The summed E-state index contributed by atoms with van der Waals surface area (Å²) in [5.41, 5.74) is 22.2. The highest BCUT2D eigenvalue weighted by Gasteiger charge is 2.12. The Morgan fingerprint density at radius 1 is 0.718 bits per heavy atom. The van der Waals surface area contributed by atoms with E-state index in [2.05, 4.69) is 5.73 Å². The molecule has 14 heteroatoms. The number of phenolic OH excluding ortho intramolecular Hbond substituents is 1. The molecule has 218 valence electrons. The molecule has 3 atom stereocenters. The number of hydrogen-bond acceptors (Lipinski definition) is 10. The van der Waals surface area contributed by atoms with Crippen LogP contribution in [0.2, 0.25) is 0 Å². The Kier molecular flexibility index (Phi) is 21.4. The van der Waals surface area contributed by atoms with Crippen LogP contribution < -0.4 is 22.9 Å². The maximum absolute atomic E-state index is 10.4. The lowest BCUT2D eigenvalue weighted by molar-refractivity contribution is -0.139. The van der Waals surface area contributed by atoms with E-state index >= 15 is 0 Å². The van der Waals surface area contributed by atoms with Gasteiger partial charge in [-0.05, 0) is 54.5 Å². The van der Waals surface area contributed by atoms with Gasteiger partial charge in [-0.3, -0.25) is 19.2 Å². The monoisotopic (exact) mass is 570 g/mol. The van der Waals surface area contributed by atoms with Crippen molar-refractivity contribution >= 4 is 35.6 Å². The van der Waals surface area contributed by atoms with E-state index in [1.165, 1.54) is 12.1 Å². The SMILES string of the molecule is CSCCC(N)C(=O)O.NC(Cc1ccc(O)cc1)C(=O)O.NC(Cc1ccccc1)C(=O)O.NCC(=O)O. The van der Waals surface area contributed by atoms with Gasteiger partial charge < -0.3 is 48.5 Å². The number of benzene rings is 2. The molecule has 2 rings (SSSR count). The van der Waals surface area contributed by atoms with Gasteiger partial charge in [0.15, 0.2) is 0 Å². The maximum atomic E-state index is 10.4. The summed E-state index contributed by atoms with van der Waals surface area (Å²) in [6.07, 6.45) is 3.14. The van der Waals surface area contributed by atoms with Crippen molar-refractivity contribution in [1.82, 2.24) is 0 Å². The van der Waals surface area contributed by atoms with E-state index in [-0.39, 0.29) is 18.7 Å². The molecule has 0 heterocycles. The molecule has 0 saturated heterocycles. The summed E-state index contributed by atoms with van der Waals surface area (Å²) < 4.78 is 0. The summed E-state index contributed by atoms with van der Waals surface area (Å²) in [7, 11) is 0. The minimum atomic E-state index is -1.02. The second kappa shape index (κ2) is 22.3. The van der Waals surface area contributed by atoms with Crippen LogP contribution in [-0.2, 0) is 32.0 Å². The van der Waals surface area contributed by atoms with Crippen LogP contribution in [0, 0.1) is 0 Å². The molecular weight excluding hydrogens is 532 g/mol. The van der Waals surface area contributed by atoms with Gasteiger partial charge in [0.25, 0.3) is 0 Å². The molecule has 0 fully saturated rings. The second-order valence-electron chi connectivity index (χ2n) is 7.77. The van der Waals surface area contributed by atoms with Crippen LogP contribution in [0.5, 0.6) is 5.75 Å². The highest BCUT2D eigenvalue weighted by Crippen LogP contribution is 2.10. The first-order chi connectivity index (χ1) is 18.2. The third-order valence-electron chi connectivity index (χ3n) is 4.45. The van der Waals surface area contributed by atoms with E-state index in [0.29, 0.717) is 12.8 Å². The normalized spacial score (nSPS) is 11.9. The Balaban J connectivity index is 0. The number of carbonyl (C=O) groups is 4. The smallest absolute Gasteiger partial charge is 0.320 e. The number of rotatable bonds is 11. The number of aromatic hydroxyl groups is 1. The zero-order valence-electron chi connectivity index (χ0n) is 21.6. The van der Waals surface area contributed by atoms with Crippen molar-refractivity contribution in [2.24, 2.45) is 22.9 Å². The van der Waals surface area contributed by atoms with Gasteiger partial charge in [0.2, 0.25) is 0 Å². The van der Waals surface area contributed by atoms with Crippen molar-refractivity contribution in [2.45, 2.75) is 37.4 Å². The van der Waals surface area contributed by atoms with Gasteiger partial charge >= 0.3 is 23.9 Å². The maximum Gasteiger partial charge on any atom is 0.320 e. The number of hydrogen-bond donors (Lipinski definition) is 9. The summed E-state index contributed by atoms with van der Waals surface area (Å²) in [4.78, 5) is 40.1. The van der Waals surface area contributed by atoms with Crippen LogP contribution in [0.15, 0.2) is 54.6 Å². The number of phenols is 1. The fourth-order valence-electron chi connectivity index (χ4n) is 2.30. The zero-order chi connectivity index (χ0) is 30.4. The van der Waals surface area contributed by atoms with Gasteiger partial charge in [-0.1, -0.05) is 42.5 Å². The van der Waals surface area contributed by atoms with Crippen molar-refractivity contribution in [3.05, 3.63) is 65.7 Å². The molecule has 13 nitrogen and oxygen atoms in total. The van der Waals surface area contributed by atoms with Crippen LogP contribution in [0.25, 0.3) is 0 Å². The lowest BCUT2D eigenvalue weighted by Gasteiger charge is -2.05. The van der Waals surface area contributed by atoms with E-state index in [4.69, 9.17) is 42.7 Å². The lowest BCUT2D eigenvalue weighted by atomic mass is 10.1. The van der Waals surface area contributed by atoms with Crippen molar-refractivity contribution in [2.75, 3.05) is 18.6 Å². The van der Waals surface area contributed by atoms with E-state index in [9.17, 15) is 19.2 Å². The first-order valence-electron chi connectivity index (χ1n) is 11.4. The van der Waals surface area contributed by atoms with Crippen LogP contribution in [0.4, 0.5) is 0 Å². The molecule has 0 bridgehead atoms. The van der Waals surface area contributed by atoms with Gasteiger partial charge in [0.05, 0.1) is 6.54 Å². The van der Waals surface area contributed by atoms with Gasteiger partial charge in [0.1, 0.15) is 23.9 Å². The first-order valence-corrected chi connectivity index (χ1v) is 12.8. The lowest BCUT2D eigenvalue weighted by Crippen LogP contribution is -2.32. The third kappa shape index (κ3) is 22.0. The van der Waals surface area contributed by atoms with Crippen molar-refractivity contribution in [3.63, 3.8) is 0 Å². The number of aliphatic carboxylic acids is 4. The largest absolute Gasteiger partial charge is 0.508 e. The standard InChI is InChI=1S/C9H11NO3.C9H11NO2.C5H11NO2S.C2H5NO2/c10-8(9(12)13)5-6-1-3-7(11)4-2-6;10-8(9(11)12)6-7-4-2-1-3-5-7;1-9-3-2-4(6)5(7)8;3-1-2(4)5/h1-4,8,11H,5,10H2,(H,12,13);1-5,8H,6,10H2,(H,11,12);4H,2-3,6H2,1H3,(H,7,8);1,3H2,(H,4,5). The Labute approximate surface area is 230 Å². The minimum Gasteiger partial charge on any atom is -0.508 e. The molecule has 0 spiro atoms. The van der Waals surface area contributed by atoms with E-state index in [1.54, 1.807) is 23.9 Å². The molecule has 39 heavy (non-hydrogen) atoms. The minimum absolute atomic E-state index is 0.160. The molecule has 0 aromatic heterocycles. The predicted molar refractivity (Wildman–Crippen MR) is 148 cm³/mol. The number of thioether (sulfide) groups is 1. The van der Waals surface area contributed by atoms with E-state index in [0.717, 1.165) is 16.9 Å². The van der Waals surface area contributed by atoms with Crippen LogP contribution in [0.1, 0.15) is 17.5 Å². The van der Waals surface area contributed by atoms with Gasteiger partial charge in [-0.2, -0.15) is 11.8 Å². The topological polar surface area (TPSA) is 274 Å². The van der Waals surface area contributed by atoms with Crippen molar-refractivity contribution < 1.29 is 44.7 Å². The molecule has 0 aliphatic carbocycles. The fraction of sp³-hybridized carbons (Fsp3) is 0.360. The Morgan fingerprint density at radius 2 is 1.10 bits per heavy atom. The molecule has 0 aliphatic rings. The zero-order valence-corrected chi connectivity index (χ0v) is 22.4. The average molecular weight is 571 g/mol.